The van der Waals surface area contributed by atoms with Gasteiger partial charge in [-0.25, -0.2) is 4.79 Å². The second-order valence-electron chi connectivity index (χ2n) is 6.08. The quantitative estimate of drug-likeness (QED) is 0.746. The lowest BCUT2D eigenvalue weighted by Crippen LogP contribution is -2.41. The van der Waals surface area contributed by atoms with Crippen molar-refractivity contribution in [3.63, 3.8) is 0 Å². The van der Waals surface area contributed by atoms with Gasteiger partial charge in [0, 0.05) is 25.2 Å². The van der Waals surface area contributed by atoms with Crippen LogP contribution in [0.25, 0.3) is 0 Å². The van der Waals surface area contributed by atoms with Crippen molar-refractivity contribution in [1.82, 2.24) is 10.2 Å². The Kier molecular flexibility index (Phi) is 4.88. The van der Waals surface area contributed by atoms with Crippen LogP contribution in [0.4, 0.5) is 4.79 Å². The van der Waals surface area contributed by atoms with Gasteiger partial charge in [0.25, 0.3) is 0 Å². The van der Waals surface area contributed by atoms with Crippen LogP contribution in [0.5, 0.6) is 0 Å². The summed E-state index contributed by atoms with van der Waals surface area (Å²) in [5.41, 5.74) is 5.70. The predicted molar refractivity (Wildman–Crippen MR) is 84.0 cm³/mol. The number of benzene rings is 1. The number of carbonyl (C=O) groups excluding carboxylic acids is 2. The first-order valence-corrected chi connectivity index (χ1v) is 7.47. The minimum absolute atomic E-state index is 0.214. The normalized spacial score (nSPS) is 20.3. The molecule has 23 heavy (non-hydrogen) atoms. The highest BCUT2D eigenvalue weighted by Gasteiger charge is 2.42. The van der Waals surface area contributed by atoms with Crippen molar-refractivity contribution >= 4 is 17.9 Å². The Bertz CT molecular complexity index is 632. The van der Waals surface area contributed by atoms with E-state index in [-0.39, 0.29) is 12.6 Å². The topological polar surface area (TPSA) is 113 Å². The molecule has 1 aliphatic heterocycles. The third-order valence-corrected chi connectivity index (χ3v) is 4.18. The van der Waals surface area contributed by atoms with Gasteiger partial charge in [0.1, 0.15) is 0 Å². The standard InChI is InChI=1S/C16H21N3O4/c1-16(14(21)22)6-8-19(10-16)15(23)18-7-5-11-3-2-4-12(9-11)13(17)20/h2-4,9H,5-8,10H2,1H3,(H2,17,20)(H,18,23)(H,21,22). The highest BCUT2D eigenvalue weighted by molar-refractivity contribution is 5.92. The lowest BCUT2D eigenvalue weighted by atomic mass is 9.90. The highest BCUT2D eigenvalue weighted by Crippen LogP contribution is 2.29. The number of hydrogen-bond donors (Lipinski definition) is 3. The summed E-state index contributed by atoms with van der Waals surface area (Å²) in [7, 11) is 0. The first-order valence-electron chi connectivity index (χ1n) is 7.47. The number of carbonyl (C=O) groups is 3. The summed E-state index contributed by atoms with van der Waals surface area (Å²) in [6, 6.07) is 6.68. The van der Waals surface area contributed by atoms with E-state index in [0.29, 0.717) is 31.5 Å². The van der Waals surface area contributed by atoms with Gasteiger partial charge < -0.3 is 21.1 Å². The Morgan fingerprint density at radius 2 is 2.13 bits per heavy atom. The van der Waals surface area contributed by atoms with Gasteiger partial charge in [-0.05, 0) is 37.5 Å². The summed E-state index contributed by atoms with van der Waals surface area (Å²) in [5.74, 6) is -1.36. The minimum atomic E-state index is -0.879. The molecule has 0 bridgehead atoms. The van der Waals surface area contributed by atoms with Crippen molar-refractivity contribution < 1.29 is 19.5 Å². The zero-order valence-electron chi connectivity index (χ0n) is 13.0. The summed E-state index contributed by atoms with van der Waals surface area (Å²) in [6.45, 7) is 2.70. The van der Waals surface area contributed by atoms with E-state index in [4.69, 9.17) is 5.73 Å². The highest BCUT2D eigenvalue weighted by atomic mass is 16.4. The molecule has 1 saturated heterocycles. The Morgan fingerprint density at radius 1 is 1.39 bits per heavy atom. The summed E-state index contributed by atoms with van der Waals surface area (Å²) in [5, 5.41) is 11.9. The molecule has 1 aromatic rings. The molecule has 0 saturated carbocycles. The number of rotatable bonds is 5. The lowest BCUT2D eigenvalue weighted by Gasteiger charge is -2.20. The third kappa shape index (κ3) is 4.00. The number of carboxylic acid groups (broad SMARTS) is 1. The molecule has 7 heteroatoms. The number of nitrogens with one attached hydrogen (secondary N) is 1. The van der Waals surface area contributed by atoms with E-state index in [1.54, 1.807) is 25.1 Å². The van der Waals surface area contributed by atoms with Gasteiger partial charge in [-0.2, -0.15) is 0 Å². The smallest absolute Gasteiger partial charge is 0.317 e. The van der Waals surface area contributed by atoms with Crippen LogP contribution in [0, 0.1) is 5.41 Å². The molecular formula is C16H21N3O4. The molecule has 1 atom stereocenters. The number of aliphatic carboxylic acids is 1. The monoisotopic (exact) mass is 319 g/mol. The van der Waals surface area contributed by atoms with E-state index in [0.717, 1.165) is 5.56 Å². The van der Waals surface area contributed by atoms with E-state index in [1.807, 2.05) is 6.07 Å². The molecule has 3 amide bonds. The maximum Gasteiger partial charge on any atom is 0.317 e. The molecular weight excluding hydrogens is 298 g/mol. The number of nitrogens with two attached hydrogens (primary N) is 1. The van der Waals surface area contributed by atoms with Gasteiger partial charge >= 0.3 is 12.0 Å². The summed E-state index contributed by atoms with van der Waals surface area (Å²) >= 11 is 0. The van der Waals surface area contributed by atoms with E-state index in [1.165, 1.54) is 4.90 Å². The van der Waals surface area contributed by atoms with Crippen molar-refractivity contribution in [2.75, 3.05) is 19.6 Å². The van der Waals surface area contributed by atoms with Crippen LogP contribution in [0.3, 0.4) is 0 Å². The largest absolute Gasteiger partial charge is 0.481 e. The molecule has 0 spiro atoms. The number of hydrogen-bond acceptors (Lipinski definition) is 3. The molecule has 1 aromatic carbocycles. The minimum Gasteiger partial charge on any atom is -0.481 e. The molecule has 7 nitrogen and oxygen atoms in total. The first-order chi connectivity index (χ1) is 10.8. The second-order valence-corrected chi connectivity index (χ2v) is 6.08. The summed E-state index contributed by atoms with van der Waals surface area (Å²) in [4.78, 5) is 35.9. The van der Waals surface area contributed by atoms with Crippen LogP contribution >= 0.6 is 0 Å². The maximum absolute atomic E-state index is 12.1. The average molecular weight is 319 g/mol. The van der Waals surface area contributed by atoms with Gasteiger partial charge in [0.15, 0.2) is 0 Å². The van der Waals surface area contributed by atoms with Crippen LogP contribution in [-0.2, 0) is 11.2 Å². The van der Waals surface area contributed by atoms with E-state index in [2.05, 4.69) is 5.32 Å². The van der Waals surface area contributed by atoms with Crippen molar-refractivity contribution in [3.05, 3.63) is 35.4 Å². The molecule has 0 aromatic heterocycles. The second kappa shape index (κ2) is 6.68. The maximum atomic E-state index is 12.1. The Labute approximate surface area is 134 Å². The van der Waals surface area contributed by atoms with E-state index < -0.39 is 17.3 Å². The van der Waals surface area contributed by atoms with Crippen molar-refractivity contribution in [2.24, 2.45) is 11.1 Å². The van der Waals surface area contributed by atoms with Crippen LogP contribution in [-0.4, -0.2) is 47.5 Å². The summed E-state index contributed by atoms with van der Waals surface area (Å²) in [6.07, 6.45) is 1.02. The molecule has 2 rings (SSSR count). The fourth-order valence-corrected chi connectivity index (χ4v) is 2.61. The fraction of sp³-hybridized carbons (Fsp3) is 0.438. The van der Waals surface area contributed by atoms with Crippen molar-refractivity contribution in [2.45, 2.75) is 19.8 Å². The zero-order valence-corrected chi connectivity index (χ0v) is 13.0. The van der Waals surface area contributed by atoms with Crippen LogP contribution in [0.1, 0.15) is 29.3 Å². The molecule has 0 radical (unpaired) electrons. The number of urea groups is 1. The van der Waals surface area contributed by atoms with Gasteiger partial charge in [-0.3, -0.25) is 9.59 Å². The number of nitrogens with zero attached hydrogens (tertiary/aromatic N) is 1. The first kappa shape index (κ1) is 16.8. The molecule has 0 aliphatic carbocycles. The molecule has 124 valence electrons. The molecule has 1 fully saturated rings. The molecule has 1 unspecified atom stereocenters. The fourth-order valence-electron chi connectivity index (χ4n) is 2.61. The van der Waals surface area contributed by atoms with E-state index >= 15 is 0 Å². The number of amides is 3. The van der Waals surface area contributed by atoms with Crippen molar-refractivity contribution in [3.8, 4) is 0 Å². The number of primary amides is 1. The Morgan fingerprint density at radius 3 is 2.74 bits per heavy atom. The van der Waals surface area contributed by atoms with Gasteiger partial charge in [0.2, 0.25) is 5.91 Å². The van der Waals surface area contributed by atoms with E-state index in [9.17, 15) is 19.5 Å². The van der Waals surface area contributed by atoms with Gasteiger partial charge in [0.05, 0.1) is 5.41 Å². The summed E-state index contributed by atoms with van der Waals surface area (Å²) < 4.78 is 0. The van der Waals surface area contributed by atoms with Crippen LogP contribution in [0.2, 0.25) is 0 Å². The van der Waals surface area contributed by atoms with Gasteiger partial charge in [-0.1, -0.05) is 12.1 Å². The molecule has 1 aliphatic rings. The van der Waals surface area contributed by atoms with Gasteiger partial charge in [-0.15, -0.1) is 0 Å². The Balaban J connectivity index is 1.83. The number of likely N-dealkylation sites (tertiary alicyclic amines) is 1. The number of carboxylic acids is 1. The van der Waals surface area contributed by atoms with Crippen LogP contribution < -0.4 is 11.1 Å². The predicted octanol–water partition coefficient (Wildman–Crippen LogP) is 0.834. The average Bonchev–Trinajstić information content (AvgIpc) is 2.91. The lowest BCUT2D eigenvalue weighted by molar-refractivity contribution is -0.147. The van der Waals surface area contributed by atoms with Crippen LogP contribution in [0.15, 0.2) is 24.3 Å². The Hall–Kier alpha value is -2.57. The zero-order chi connectivity index (χ0) is 17.0. The molecule has 1 heterocycles. The van der Waals surface area contributed by atoms with Crippen molar-refractivity contribution in [1.29, 1.82) is 0 Å². The SMILES string of the molecule is CC1(C(=O)O)CCN(C(=O)NCCc2cccc(C(N)=O)c2)C1. The molecule has 4 N–H and O–H groups in total. The third-order valence-electron chi connectivity index (χ3n) is 4.18.